The first kappa shape index (κ1) is 34.7. The zero-order valence-electron chi connectivity index (χ0n) is 28.0. The van der Waals surface area contributed by atoms with Crippen LogP contribution in [0.1, 0.15) is 47.2 Å². The summed E-state index contributed by atoms with van der Waals surface area (Å²) >= 11 is 0. The van der Waals surface area contributed by atoms with E-state index in [1.54, 1.807) is 43.5 Å². The molecule has 0 spiro atoms. The third kappa shape index (κ3) is 9.67. The van der Waals surface area contributed by atoms with Crippen LogP contribution in [0.5, 0.6) is 17.4 Å². The van der Waals surface area contributed by atoms with Crippen LogP contribution in [0.25, 0.3) is 0 Å². The van der Waals surface area contributed by atoms with Crippen LogP contribution in [0.15, 0.2) is 72.9 Å². The van der Waals surface area contributed by atoms with E-state index in [1.807, 2.05) is 38.1 Å². The molecule has 0 saturated carbocycles. The van der Waals surface area contributed by atoms with Crippen molar-refractivity contribution in [2.24, 2.45) is 0 Å². The number of ether oxygens (including phenoxy) is 3. The molecule has 2 amide bonds. The maximum absolute atomic E-state index is 13.9. The number of unbranched alkanes of at least 4 members (excludes halogenated alkanes) is 3. The molecule has 0 aliphatic heterocycles. The number of hydrogen-bond donors (Lipinski definition) is 2. The van der Waals surface area contributed by atoms with Gasteiger partial charge in [-0.25, -0.2) is 14.7 Å². The highest BCUT2D eigenvalue weighted by atomic mass is 16.6. The number of amides is 2. The highest BCUT2D eigenvalue weighted by Crippen LogP contribution is 2.39. The average Bonchev–Trinajstić information content (AvgIpc) is 3.06. The van der Waals surface area contributed by atoms with E-state index in [0.717, 1.165) is 43.4 Å². The molecule has 1 aromatic heterocycles. The fourth-order valence-electron chi connectivity index (χ4n) is 5.11. The molecule has 1 heterocycles. The van der Waals surface area contributed by atoms with Gasteiger partial charge in [-0.05, 0) is 88.8 Å². The molecule has 0 unspecified atom stereocenters. The molecule has 4 rings (SSSR count). The van der Waals surface area contributed by atoms with Gasteiger partial charge in [0.05, 0.1) is 25.6 Å². The van der Waals surface area contributed by atoms with Crippen LogP contribution in [0, 0.1) is 13.8 Å². The molecule has 0 saturated heterocycles. The Bertz CT molecular complexity index is 1640. The standard InChI is InChI=1S/C36H44N6O5/c1-25-13-11-14-26(2)33(25)42(30-18-17-29(45-5)24-31(30)46-6)36(44)47-32-19-21-38-35(40-32)39-28-16-12-15-27(23-28)34(43)37-20-9-7-8-10-22-41(3)4/h11-19,21,23-24H,7-10,20,22H2,1-6H3,(H,37,43)(H,38,39,40). The Kier molecular flexibility index (Phi) is 12.5. The lowest BCUT2D eigenvalue weighted by molar-refractivity contribution is 0.0953. The van der Waals surface area contributed by atoms with Crippen LogP contribution < -0.4 is 29.7 Å². The third-order valence-electron chi connectivity index (χ3n) is 7.49. The zero-order chi connectivity index (χ0) is 33.8. The maximum Gasteiger partial charge on any atom is 0.425 e. The van der Waals surface area contributed by atoms with Crippen LogP contribution in [0.3, 0.4) is 0 Å². The van der Waals surface area contributed by atoms with Gasteiger partial charge in [-0.15, -0.1) is 0 Å². The molecule has 0 radical (unpaired) electrons. The number of carbonyl (C=O) groups excluding carboxylic acids is 2. The van der Waals surface area contributed by atoms with Crippen molar-refractivity contribution in [3.05, 3.63) is 89.6 Å². The van der Waals surface area contributed by atoms with Gasteiger partial charge in [0.2, 0.25) is 11.8 Å². The average molecular weight is 641 g/mol. The molecule has 0 bridgehead atoms. The number of nitrogens with zero attached hydrogens (tertiary/aromatic N) is 4. The lowest BCUT2D eigenvalue weighted by Gasteiger charge is -2.27. The topological polar surface area (TPSA) is 118 Å². The fourth-order valence-corrected chi connectivity index (χ4v) is 5.11. The fraction of sp³-hybridized carbons (Fsp3) is 0.333. The van der Waals surface area contributed by atoms with Crippen LogP contribution >= 0.6 is 0 Å². The van der Waals surface area contributed by atoms with Crippen molar-refractivity contribution in [3.63, 3.8) is 0 Å². The van der Waals surface area contributed by atoms with Gasteiger partial charge in [0, 0.05) is 36.1 Å². The number of carbonyl (C=O) groups is 2. The first-order valence-electron chi connectivity index (χ1n) is 15.6. The molecule has 4 aromatic rings. The Labute approximate surface area is 276 Å². The summed E-state index contributed by atoms with van der Waals surface area (Å²) in [7, 11) is 7.24. The number of methoxy groups -OCH3 is 2. The zero-order valence-corrected chi connectivity index (χ0v) is 28.0. The second kappa shape index (κ2) is 17.0. The summed E-state index contributed by atoms with van der Waals surface area (Å²) in [4.78, 5) is 39.0. The molecule has 11 heteroatoms. The largest absolute Gasteiger partial charge is 0.497 e. The Morgan fingerprint density at radius 1 is 0.851 bits per heavy atom. The summed E-state index contributed by atoms with van der Waals surface area (Å²) in [5, 5.41) is 6.10. The van der Waals surface area contributed by atoms with Crippen LogP contribution in [-0.2, 0) is 0 Å². The van der Waals surface area contributed by atoms with Gasteiger partial charge >= 0.3 is 6.09 Å². The van der Waals surface area contributed by atoms with E-state index < -0.39 is 6.09 Å². The van der Waals surface area contributed by atoms with E-state index in [9.17, 15) is 9.59 Å². The molecule has 11 nitrogen and oxygen atoms in total. The van der Waals surface area contributed by atoms with Crippen LogP contribution in [0.2, 0.25) is 0 Å². The minimum absolute atomic E-state index is 0.0377. The number of anilines is 4. The molecule has 248 valence electrons. The normalized spacial score (nSPS) is 10.8. The summed E-state index contributed by atoms with van der Waals surface area (Å²) in [5.74, 6) is 1.10. The van der Waals surface area contributed by atoms with Gasteiger partial charge in [-0.3, -0.25) is 4.79 Å². The molecular weight excluding hydrogens is 596 g/mol. The molecule has 47 heavy (non-hydrogen) atoms. The van der Waals surface area contributed by atoms with Crippen molar-refractivity contribution in [2.45, 2.75) is 39.5 Å². The molecule has 0 fully saturated rings. The minimum atomic E-state index is -0.688. The molecule has 0 aliphatic carbocycles. The second-order valence-corrected chi connectivity index (χ2v) is 11.4. The van der Waals surface area contributed by atoms with Crippen molar-refractivity contribution >= 4 is 35.0 Å². The van der Waals surface area contributed by atoms with Crippen molar-refractivity contribution < 1.29 is 23.8 Å². The van der Waals surface area contributed by atoms with Crippen molar-refractivity contribution in [2.75, 3.05) is 51.6 Å². The Hall–Kier alpha value is -5.16. The summed E-state index contributed by atoms with van der Waals surface area (Å²) in [6, 6.07) is 19.6. The number of hydrogen-bond acceptors (Lipinski definition) is 9. The van der Waals surface area contributed by atoms with E-state index in [2.05, 4.69) is 39.6 Å². The lowest BCUT2D eigenvalue weighted by Crippen LogP contribution is -2.31. The van der Waals surface area contributed by atoms with Gasteiger partial charge in [0.25, 0.3) is 5.91 Å². The SMILES string of the molecule is COc1ccc(N(C(=O)Oc2ccnc(Nc3cccc(C(=O)NCCCCCCN(C)C)c3)n2)c2c(C)cccc2C)c(OC)c1. The number of para-hydroxylation sites is 1. The van der Waals surface area contributed by atoms with Crippen LogP contribution in [0.4, 0.5) is 27.8 Å². The van der Waals surface area contributed by atoms with E-state index in [-0.39, 0.29) is 17.7 Å². The predicted octanol–water partition coefficient (Wildman–Crippen LogP) is 7.04. The van der Waals surface area contributed by atoms with E-state index >= 15 is 0 Å². The van der Waals surface area contributed by atoms with Crippen LogP contribution in [-0.4, -0.2) is 68.3 Å². The number of rotatable bonds is 15. The predicted molar refractivity (Wildman–Crippen MR) is 185 cm³/mol. The van der Waals surface area contributed by atoms with Gasteiger partial charge in [-0.2, -0.15) is 4.98 Å². The summed E-state index contributed by atoms with van der Waals surface area (Å²) in [5.41, 5.74) is 4.01. The summed E-state index contributed by atoms with van der Waals surface area (Å²) in [6.45, 7) is 5.54. The lowest BCUT2D eigenvalue weighted by atomic mass is 10.1. The number of aryl methyl sites for hydroxylation is 2. The first-order valence-corrected chi connectivity index (χ1v) is 15.6. The van der Waals surface area contributed by atoms with E-state index in [0.29, 0.717) is 40.7 Å². The van der Waals surface area contributed by atoms with E-state index in [4.69, 9.17) is 14.2 Å². The molecule has 2 N–H and O–H groups in total. The van der Waals surface area contributed by atoms with Gasteiger partial charge in [0.1, 0.15) is 11.5 Å². The summed E-state index contributed by atoms with van der Waals surface area (Å²) < 4.78 is 16.8. The Balaban J connectivity index is 1.47. The van der Waals surface area contributed by atoms with Crippen molar-refractivity contribution in [3.8, 4) is 17.4 Å². The summed E-state index contributed by atoms with van der Waals surface area (Å²) in [6.07, 6.45) is 5.10. The third-order valence-corrected chi connectivity index (χ3v) is 7.49. The molecule has 0 aliphatic rings. The van der Waals surface area contributed by atoms with E-state index in [1.165, 1.54) is 24.3 Å². The van der Waals surface area contributed by atoms with Gasteiger partial charge in [-0.1, -0.05) is 37.1 Å². The molecule has 3 aromatic carbocycles. The van der Waals surface area contributed by atoms with Crippen molar-refractivity contribution in [1.29, 1.82) is 0 Å². The number of nitrogens with one attached hydrogen (secondary N) is 2. The maximum atomic E-state index is 13.9. The highest BCUT2D eigenvalue weighted by Gasteiger charge is 2.27. The highest BCUT2D eigenvalue weighted by molar-refractivity contribution is 6.00. The monoisotopic (exact) mass is 640 g/mol. The van der Waals surface area contributed by atoms with Crippen molar-refractivity contribution in [1.82, 2.24) is 20.2 Å². The molecule has 0 atom stereocenters. The van der Waals surface area contributed by atoms with Gasteiger partial charge in [0.15, 0.2) is 0 Å². The minimum Gasteiger partial charge on any atom is -0.497 e. The number of aromatic nitrogens is 2. The first-order chi connectivity index (χ1) is 22.7. The quantitative estimate of drug-likeness (QED) is 0.132. The van der Waals surface area contributed by atoms with Gasteiger partial charge < -0.3 is 29.7 Å². The Morgan fingerprint density at radius 3 is 2.32 bits per heavy atom. The molecular formula is C36H44N6O5. The Morgan fingerprint density at radius 2 is 1.60 bits per heavy atom. The second-order valence-electron chi connectivity index (χ2n) is 11.4. The number of benzene rings is 3. The smallest absolute Gasteiger partial charge is 0.425 e.